The molecule has 0 N–H and O–H groups in total. The van der Waals surface area contributed by atoms with Crippen molar-refractivity contribution in [2.45, 2.75) is 39.3 Å². The molecule has 1 aliphatic heterocycles. The third-order valence-corrected chi connectivity index (χ3v) is 4.21. The topological polar surface area (TPSA) is 34.0 Å². The summed E-state index contributed by atoms with van der Waals surface area (Å²) >= 11 is 0. The van der Waals surface area contributed by atoms with Crippen LogP contribution < -0.4 is 0 Å². The van der Waals surface area contributed by atoms with Crippen molar-refractivity contribution < 1.29 is 0 Å². The van der Waals surface area contributed by atoms with Crippen LogP contribution in [0.15, 0.2) is 24.7 Å². The molecule has 1 aliphatic rings. The number of nitrogens with zero attached hydrogens (tertiary/aromatic N) is 4. The molecule has 3 heterocycles. The molecule has 1 saturated heterocycles. The second-order valence-electron chi connectivity index (χ2n) is 5.82. The standard InChI is InChI=1S/C15H22N4/c1-12(2)18-8-5-13(6-9-18)10-19-11-17-14-4-3-7-16-15(14)19/h3-4,7,11-13H,5-6,8-10H2,1-2H3. The molecule has 0 atom stereocenters. The van der Waals surface area contributed by atoms with Gasteiger partial charge in [0.25, 0.3) is 0 Å². The van der Waals surface area contributed by atoms with Crippen molar-refractivity contribution in [3.05, 3.63) is 24.7 Å². The zero-order valence-corrected chi connectivity index (χ0v) is 11.8. The molecule has 1 fully saturated rings. The quantitative estimate of drug-likeness (QED) is 0.848. The maximum atomic E-state index is 4.44. The van der Waals surface area contributed by atoms with Crippen molar-refractivity contribution in [3.63, 3.8) is 0 Å². The molecular weight excluding hydrogens is 236 g/mol. The molecule has 0 amide bonds. The number of hydrogen-bond acceptors (Lipinski definition) is 3. The van der Waals surface area contributed by atoms with Gasteiger partial charge in [-0.15, -0.1) is 0 Å². The van der Waals surface area contributed by atoms with Gasteiger partial charge in [0.2, 0.25) is 0 Å². The van der Waals surface area contributed by atoms with Gasteiger partial charge in [0.1, 0.15) is 5.52 Å². The predicted octanol–water partition coefficient (Wildman–Crippen LogP) is 2.55. The van der Waals surface area contributed by atoms with E-state index in [0.717, 1.165) is 23.6 Å². The summed E-state index contributed by atoms with van der Waals surface area (Å²) in [6.45, 7) is 8.07. The third-order valence-electron chi connectivity index (χ3n) is 4.21. The summed E-state index contributed by atoms with van der Waals surface area (Å²) in [5.74, 6) is 0.759. The van der Waals surface area contributed by atoms with Crippen molar-refractivity contribution in [3.8, 4) is 0 Å². The highest BCUT2D eigenvalue weighted by atomic mass is 15.2. The van der Waals surface area contributed by atoms with Gasteiger partial charge in [-0.25, -0.2) is 9.97 Å². The first-order chi connectivity index (χ1) is 9.24. The fourth-order valence-corrected chi connectivity index (χ4v) is 2.96. The van der Waals surface area contributed by atoms with Crippen LogP contribution in [-0.4, -0.2) is 38.6 Å². The summed E-state index contributed by atoms with van der Waals surface area (Å²) in [4.78, 5) is 11.4. The first-order valence-electron chi connectivity index (χ1n) is 7.24. The van der Waals surface area contributed by atoms with Crippen molar-refractivity contribution in [1.82, 2.24) is 19.4 Å². The second-order valence-corrected chi connectivity index (χ2v) is 5.82. The van der Waals surface area contributed by atoms with Gasteiger partial charge in [0.05, 0.1) is 6.33 Å². The predicted molar refractivity (Wildman–Crippen MR) is 77.0 cm³/mol. The Bertz CT molecular complexity index is 538. The first-order valence-corrected chi connectivity index (χ1v) is 7.24. The minimum absolute atomic E-state index is 0.677. The summed E-state index contributed by atoms with van der Waals surface area (Å²) in [7, 11) is 0. The van der Waals surface area contributed by atoms with Crippen molar-refractivity contribution in [2.75, 3.05) is 13.1 Å². The van der Waals surface area contributed by atoms with E-state index >= 15 is 0 Å². The largest absolute Gasteiger partial charge is 0.315 e. The van der Waals surface area contributed by atoms with Gasteiger partial charge in [-0.05, 0) is 57.8 Å². The van der Waals surface area contributed by atoms with E-state index in [1.165, 1.54) is 25.9 Å². The Morgan fingerprint density at radius 1 is 1.26 bits per heavy atom. The van der Waals surface area contributed by atoms with E-state index in [2.05, 4.69) is 33.3 Å². The van der Waals surface area contributed by atoms with E-state index in [1.807, 2.05) is 24.7 Å². The Morgan fingerprint density at radius 3 is 2.79 bits per heavy atom. The smallest absolute Gasteiger partial charge is 0.159 e. The molecule has 19 heavy (non-hydrogen) atoms. The van der Waals surface area contributed by atoms with Gasteiger partial charge in [-0.2, -0.15) is 0 Å². The summed E-state index contributed by atoms with van der Waals surface area (Å²) in [5, 5.41) is 0. The van der Waals surface area contributed by atoms with Crippen molar-refractivity contribution >= 4 is 11.2 Å². The van der Waals surface area contributed by atoms with Crippen LogP contribution >= 0.6 is 0 Å². The van der Waals surface area contributed by atoms with Gasteiger partial charge < -0.3 is 9.47 Å². The molecule has 4 heteroatoms. The fourth-order valence-electron chi connectivity index (χ4n) is 2.96. The summed E-state index contributed by atoms with van der Waals surface area (Å²) in [5.41, 5.74) is 2.02. The molecule has 0 unspecified atom stereocenters. The second kappa shape index (κ2) is 5.29. The molecule has 0 bridgehead atoms. The minimum atomic E-state index is 0.677. The van der Waals surface area contributed by atoms with E-state index < -0.39 is 0 Å². The lowest BCUT2D eigenvalue weighted by atomic mass is 9.96. The van der Waals surface area contributed by atoms with Crippen LogP contribution in [-0.2, 0) is 6.54 Å². The average molecular weight is 258 g/mol. The Morgan fingerprint density at radius 2 is 2.05 bits per heavy atom. The lowest BCUT2D eigenvalue weighted by molar-refractivity contribution is 0.142. The Labute approximate surface area is 114 Å². The maximum absolute atomic E-state index is 4.44. The Hall–Kier alpha value is -1.42. The monoisotopic (exact) mass is 258 g/mol. The molecule has 2 aromatic rings. The number of rotatable bonds is 3. The zero-order chi connectivity index (χ0) is 13.2. The third kappa shape index (κ3) is 2.63. The van der Waals surface area contributed by atoms with Crippen LogP contribution in [0, 0.1) is 5.92 Å². The van der Waals surface area contributed by atoms with Crippen LogP contribution in [0.3, 0.4) is 0 Å². The van der Waals surface area contributed by atoms with E-state index in [9.17, 15) is 0 Å². The van der Waals surface area contributed by atoms with Gasteiger partial charge in [0.15, 0.2) is 5.65 Å². The van der Waals surface area contributed by atoms with E-state index in [0.29, 0.717) is 6.04 Å². The molecular formula is C15H22N4. The highest BCUT2D eigenvalue weighted by molar-refractivity contribution is 5.69. The maximum Gasteiger partial charge on any atom is 0.159 e. The van der Waals surface area contributed by atoms with E-state index in [4.69, 9.17) is 0 Å². The normalized spacial score (nSPS) is 18.5. The van der Waals surface area contributed by atoms with Gasteiger partial charge in [0, 0.05) is 18.8 Å². The van der Waals surface area contributed by atoms with E-state index in [-0.39, 0.29) is 0 Å². The van der Waals surface area contributed by atoms with Crippen LogP contribution in [0.5, 0.6) is 0 Å². The van der Waals surface area contributed by atoms with Gasteiger partial charge >= 0.3 is 0 Å². The minimum Gasteiger partial charge on any atom is -0.315 e. The van der Waals surface area contributed by atoms with Crippen LogP contribution in [0.25, 0.3) is 11.2 Å². The van der Waals surface area contributed by atoms with Crippen molar-refractivity contribution in [1.29, 1.82) is 0 Å². The molecule has 0 aliphatic carbocycles. The number of aromatic nitrogens is 3. The van der Waals surface area contributed by atoms with Crippen LogP contribution in [0.1, 0.15) is 26.7 Å². The lowest BCUT2D eigenvalue weighted by Crippen LogP contribution is -2.39. The average Bonchev–Trinajstić information content (AvgIpc) is 2.83. The molecule has 0 spiro atoms. The lowest BCUT2D eigenvalue weighted by Gasteiger charge is -2.34. The number of likely N-dealkylation sites (tertiary alicyclic amines) is 1. The fraction of sp³-hybridized carbons (Fsp3) is 0.600. The number of imidazole rings is 1. The molecule has 102 valence electrons. The summed E-state index contributed by atoms with van der Waals surface area (Å²) in [6.07, 6.45) is 6.35. The molecule has 2 aromatic heterocycles. The molecule has 0 aromatic carbocycles. The Kier molecular flexibility index (Phi) is 3.51. The molecule has 4 nitrogen and oxygen atoms in total. The molecule has 0 saturated carbocycles. The Balaban J connectivity index is 1.66. The van der Waals surface area contributed by atoms with Gasteiger partial charge in [-0.3, -0.25) is 0 Å². The van der Waals surface area contributed by atoms with E-state index in [1.54, 1.807) is 0 Å². The number of pyridine rings is 1. The summed E-state index contributed by atoms with van der Waals surface area (Å²) < 4.78 is 2.21. The highest BCUT2D eigenvalue weighted by Crippen LogP contribution is 2.22. The SMILES string of the molecule is CC(C)N1CCC(Cn2cnc3cccnc32)CC1. The molecule has 0 radical (unpaired) electrons. The number of fused-ring (bicyclic) bond motifs is 1. The summed E-state index contributed by atoms with van der Waals surface area (Å²) in [6, 6.07) is 4.65. The van der Waals surface area contributed by atoms with Gasteiger partial charge in [-0.1, -0.05) is 0 Å². The zero-order valence-electron chi connectivity index (χ0n) is 11.8. The van der Waals surface area contributed by atoms with Crippen LogP contribution in [0.2, 0.25) is 0 Å². The van der Waals surface area contributed by atoms with Crippen molar-refractivity contribution in [2.24, 2.45) is 5.92 Å². The number of hydrogen-bond donors (Lipinski definition) is 0. The molecule has 3 rings (SSSR count). The highest BCUT2D eigenvalue weighted by Gasteiger charge is 2.21. The number of piperidine rings is 1. The first kappa shape index (κ1) is 12.6. The van der Waals surface area contributed by atoms with Crippen LogP contribution in [0.4, 0.5) is 0 Å².